The molecule has 1 saturated heterocycles. The highest BCUT2D eigenvalue weighted by molar-refractivity contribution is 5.95. The lowest BCUT2D eigenvalue weighted by Gasteiger charge is -2.28. The van der Waals surface area contributed by atoms with Gasteiger partial charge in [0.05, 0.1) is 37.2 Å². The Labute approximate surface area is 178 Å². The lowest BCUT2D eigenvalue weighted by atomic mass is 10.1. The Morgan fingerprint density at radius 3 is 2.74 bits per heavy atom. The number of anilines is 1. The first-order valence-corrected chi connectivity index (χ1v) is 10.1. The zero-order chi connectivity index (χ0) is 21.2. The molecule has 0 amide bonds. The first kappa shape index (κ1) is 19.3. The first-order chi connectivity index (χ1) is 15.2. The molecule has 4 heterocycles. The Bertz CT molecular complexity index is 1250. The van der Waals surface area contributed by atoms with Gasteiger partial charge in [-0.3, -0.25) is 4.79 Å². The number of carbonyl (C=O) groups is 1. The summed E-state index contributed by atoms with van der Waals surface area (Å²) in [6.07, 6.45) is 1.76. The van der Waals surface area contributed by atoms with Gasteiger partial charge in [-0.15, -0.1) is 0 Å². The molecule has 0 spiro atoms. The highest BCUT2D eigenvalue weighted by Crippen LogP contribution is 2.21. The number of benzene rings is 1. The highest BCUT2D eigenvalue weighted by Gasteiger charge is 2.16. The molecule has 7 nitrogen and oxygen atoms in total. The topological polar surface area (TPSA) is 72.6 Å². The number of rotatable bonds is 5. The number of aromatic nitrogens is 4. The minimum Gasteiger partial charge on any atom is -0.378 e. The van der Waals surface area contributed by atoms with Crippen LogP contribution in [0.1, 0.15) is 16.2 Å². The van der Waals surface area contributed by atoms with E-state index in [9.17, 15) is 9.18 Å². The van der Waals surface area contributed by atoms with Gasteiger partial charge in [0.25, 0.3) is 0 Å². The fourth-order valence-electron chi connectivity index (χ4n) is 3.66. The van der Waals surface area contributed by atoms with Crippen LogP contribution in [0.25, 0.3) is 16.9 Å². The molecule has 156 valence electrons. The molecule has 1 aliphatic heterocycles. The number of hydrogen-bond acceptors (Lipinski definition) is 6. The van der Waals surface area contributed by atoms with Crippen molar-refractivity contribution >= 4 is 17.2 Å². The monoisotopic (exact) mass is 417 g/mol. The lowest BCUT2D eigenvalue weighted by Crippen LogP contribution is -2.36. The molecule has 0 bridgehead atoms. The van der Waals surface area contributed by atoms with E-state index in [1.54, 1.807) is 35.0 Å². The van der Waals surface area contributed by atoms with Crippen molar-refractivity contribution in [3.8, 4) is 11.3 Å². The molecule has 0 N–H and O–H groups in total. The summed E-state index contributed by atoms with van der Waals surface area (Å²) in [6.45, 7) is 2.92. The summed E-state index contributed by atoms with van der Waals surface area (Å²) in [5, 5.41) is 4.48. The molecule has 3 aromatic heterocycles. The van der Waals surface area contributed by atoms with Gasteiger partial charge in [-0.2, -0.15) is 5.10 Å². The van der Waals surface area contributed by atoms with Gasteiger partial charge in [0.2, 0.25) is 0 Å². The van der Waals surface area contributed by atoms with Crippen LogP contribution in [0.5, 0.6) is 0 Å². The van der Waals surface area contributed by atoms with Gasteiger partial charge in [-0.05, 0) is 36.4 Å². The SMILES string of the molecule is O=C(Cc1cccc(N2CCOCC2)n1)c1ccc2ncc(-c3cccc(F)c3)n2n1. The molecule has 0 atom stereocenters. The van der Waals surface area contributed by atoms with Gasteiger partial charge in [-0.1, -0.05) is 18.2 Å². The van der Waals surface area contributed by atoms with Gasteiger partial charge >= 0.3 is 0 Å². The molecular formula is C23H20FN5O2. The standard InChI is InChI=1S/C23H20FN5O2/c24-17-4-1-3-16(13-17)20-15-25-22-8-7-19(27-29(20)22)21(30)14-18-5-2-6-23(26-18)28-9-11-31-12-10-28/h1-8,13,15H,9-12,14H2. The minimum atomic E-state index is -0.342. The Morgan fingerprint density at radius 2 is 1.90 bits per heavy atom. The summed E-state index contributed by atoms with van der Waals surface area (Å²) in [4.78, 5) is 24.1. The van der Waals surface area contributed by atoms with Crippen molar-refractivity contribution in [3.63, 3.8) is 0 Å². The van der Waals surface area contributed by atoms with Crippen molar-refractivity contribution in [2.45, 2.75) is 6.42 Å². The third-order valence-corrected chi connectivity index (χ3v) is 5.24. The van der Waals surface area contributed by atoms with E-state index < -0.39 is 0 Å². The molecule has 0 radical (unpaired) electrons. The second kappa shape index (κ2) is 8.23. The van der Waals surface area contributed by atoms with E-state index in [0.29, 0.717) is 41.5 Å². The summed E-state index contributed by atoms with van der Waals surface area (Å²) < 4.78 is 20.6. The molecular weight excluding hydrogens is 397 g/mol. The normalized spacial score (nSPS) is 14.2. The number of ether oxygens (including phenoxy) is 1. The van der Waals surface area contributed by atoms with Crippen molar-refractivity contribution < 1.29 is 13.9 Å². The predicted molar refractivity (Wildman–Crippen MR) is 114 cm³/mol. The number of morpholine rings is 1. The molecule has 4 aromatic rings. The number of halogens is 1. The molecule has 0 saturated carbocycles. The Hall–Kier alpha value is -3.65. The second-order valence-electron chi connectivity index (χ2n) is 7.33. The quantitative estimate of drug-likeness (QED) is 0.465. The summed E-state index contributed by atoms with van der Waals surface area (Å²) >= 11 is 0. The van der Waals surface area contributed by atoms with E-state index in [1.165, 1.54) is 12.1 Å². The molecule has 0 aliphatic carbocycles. The Kier molecular flexibility index (Phi) is 5.13. The van der Waals surface area contributed by atoms with Crippen molar-refractivity contribution in [1.29, 1.82) is 0 Å². The van der Waals surface area contributed by atoms with Crippen LogP contribution in [-0.4, -0.2) is 51.7 Å². The van der Waals surface area contributed by atoms with Crippen LogP contribution in [0.15, 0.2) is 60.8 Å². The fourth-order valence-corrected chi connectivity index (χ4v) is 3.66. The van der Waals surface area contributed by atoms with E-state index >= 15 is 0 Å². The average Bonchev–Trinajstić information content (AvgIpc) is 3.23. The van der Waals surface area contributed by atoms with Crippen LogP contribution in [0.4, 0.5) is 10.2 Å². The van der Waals surface area contributed by atoms with Crippen molar-refractivity contribution in [2.75, 3.05) is 31.2 Å². The van der Waals surface area contributed by atoms with Crippen LogP contribution in [0.2, 0.25) is 0 Å². The Morgan fingerprint density at radius 1 is 1.06 bits per heavy atom. The smallest absolute Gasteiger partial charge is 0.188 e. The van der Waals surface area contributed by atoms with E-state index in [4.69, 9.17) is 4.74 Å². The van der Waals surface area contributed by atoms with Gasteiger partial charge in [0.1, 0.15) is 17.3 Å². The van der Waals surface area contributed by atoms with Crippen LogP contribution in [0.3, 0.4) is 0 Å². The fraction of sp³-hybridized carbons (Fsp3) is 0.217. The van der Waals surface area contributed by atoms with E-state index in [-0.39, 0.29) is 18.0 Å². The van der Waals surface area contributed by atoms with Gasteiger partial charge < -0.3 is 9.64 Å². The van der Waals surface area contributed by atoms with Crippen molar-refractivity contribution in [1.82, 2.24) is 19.6 Å². The van der Waals surface area contributed by atoms with Crippen LogP contribution in [-0.2, 0) is 11.2 Å². The zero-order valence-electron chi connectivity index (χ0n) is 16.7. The molecule has 1 aliphatic rings. The van der Waals surface area contributed by atoms with Gasteiger partial charge in [0.15, 0.2) is 11.4 Å². The molecule has 0 unspecified atom stereocenters. The number of carbonyl (C=O) groups excluding carboxylic acids is 1. The number of ketones is 1. The third-order valence-electron chi connectivity index (χ3n) is 5.24. The number of fused-ring (bicyclic) bond motifs is 1. The Balaban J connectivity index is 1.41. The zero-order valence-corrected chi connectivity index (χ0v) is 16.7. The highest BCUT2D eigenvalue weighted by atomic mass is 19.1. The van der Waals surface area contributed by atoms with E-state index in [1.807, 2.05) is 18.2 Å². The average molecular weight is 417 g/mol. The van der Waals surface area contributed by atoms with Crippen LogP contribution >= 0.6 is 0 Å². The number of Topliss-reactive ketones (excluding diaryl/α,β-unsaturated/α-hetero) is 1. The van der Waals surface area contributed by atoms with Gasteiger partial charge in [0, 0.05) is 18.7 Å². The first-order valence-electron chi connectivity index (χ1n) is 10.1. The van der Waals surface area contributed by atoms with Crippen molar-refractivity contribution in [2.24, 2.45) is 0 Å². The maximum absolute atomic E-state index is 13.7. The molecule has 31 heavy (non-hydrogen) atoms. The lowest BCUT2D eigenvalue weighted by molar-refractivity contribution is 0.0985. The van der Waals surface area contributed by atoms with Gasteiger partial charge in [-0.25, -0.2) is 18.9 Å². The number of hydrogen-bond donors (Lipinski definition) is 0. The number of imidazole rings is 1. The van der Waals surface area contributed by atoms with E-state index in [2.05, 4.69) is 20.0 Å². The maximum Gasteiger partial charge on any atom is 0.188 e. The summed E-state index contributed by atoms with van der Waals surface area (Å²) in [7, 11) is 0. The predicted octanol–water partition coefficient (Wildman–Crippen LogP) is 3.19. The molecule has 1 fully saturated rings. The summed E-state index contributed by atoms with van der Waals surface area (Å²) in [5.41, 5.74) is 2.85. The number of nitrogens with zero attached hydrogens (tertiary/aromatic N) is 5. The third kappa shape index (κ3) is 4.02. The molecule has 8 heteroatoms. The summed E-state index contributed by atoms with van der Waals surface area (Å²) in [6, 6.07) is 15.3. The minimum absolute atomic E-state index is 0.140. The second-order valence-corrected chi connectivity index (χ2v) is 7.33. The van der Waals surface area contributed by atoms with E-state index in [0.717, 1.165) is 18.9 Å². The summed E-state index contributed by atoms with van der Waals surface area (Å²) in [5.74, 6) is 0.360. The number of pyridine rings is 1. The van der Waals surface area contributed by atoms with Crippen molar-refractivity contribution in [3.05, 3.63) is 78.0 Å². The maximum atomic E-state index is 13.7. The van der Waals surface area contributed by atoms with Crippen LogP contribution < -0.4 is 4.90 Å². The molecule has 5 rings (SSSR count). The van der Waals surface area contributed by atoms with Crippen LogP contribution in [0, 0.1) is 5.82 Å². The molecule has 1 aromatic carbocycles. The largest absolute Gasteiger partial charge is 0.378 e.